The Hall–Kier alpha value is -3.05. The minimum atomic E-state index is -0.481. The monoisotopic (exact) mass is 354 g/mol. The van der Waals surface area contributed by atoms with Gasteiger partial charge < -0.3 is 14.2 Å². The lowest BCUT2D eigenvalue weighted by Crippen LogP contribution is -2.22. The average molecular weight is 354 g/mol. The van der Waals surface area contributed by atoms with Gasteiger partial charge in [0, 0.05) is 0 Å². The predicted octanol–water partition coefficient (Wildman–Crippen LogP) is 3.63. The molecule has 0 saturated carbocycles. The molecule has 0 aliphatic heterocycles. The third kappa shape index (κ3) is 3.72. The van der Waals surface area contributed by atoms with Gasteiger partial charge in [-0.05, 0) is 32.0 Å². The van der Waals surface area contributed by atoms with Gasteiger partial charge in [0.2, 0.25) is 5.91 Å². The van der Waals surface area contributed by atoms with Crippen LogP contribution in [0.15, 0.2) is 50.7 Å². The van der Waals surface area contributed by atoms with Crippen LogP contribution in [-0.2, 0) is 4.79 Å². The lowest BCUT2D eigenvalue weighted by Gasteiger charge is -2.10. The fourth-order valence-electron chi connectivity index (χ4n) is 2.10. The minimum absolute atomic E-state index is 0.257. The fraction of sp³-hybridized carbons (Fsp3) is 0.176. The maximum Gasteiger partial charge on any atom is 0.277 e. The first kappa shape index (κ1) is 16.8. The van der Waals surface area contributed by atoms with Gasteiger partial charge in [0.1, 0.15) is 11.8 Å². The van der Waals surface area contributed by atoms with Crippen LogP contribution < -0.4 is 5.32 Å². The minimum Gasteiger partial charge on any atom is -0.469 e. The molecular formula is C17H14N4O3S. The Morgan fingerprint density at radius 3 is 2.84 bits per heavy atom. The highest BCUT2D eigenvalue weighted by Crippen LogP contribution is 2.28. The highest BCUT2D eigenvalue weighted by atomic mass is 32.2. The molecule has 1 unspecified atom stereocenters. The molecule has 0 saturated heterocycles. The van der Waals surface area contributed by atoms with Crippen LogP contribution in [-0.4, -0.2) is 21.4 Å². The predicted molar refractivity (Wildman–Crippen MR) is 91.8 cm³/mol. The van der Waals surface area contributed by atoms with Crippen LogP contribution in [0.3, 0.4) is 0 Å². The number of carbonyl (C=O) groups excluding carboxylic acids is 1. The van der Waals surface area contributed by atoms with Crippen molar-refractivity contribution in [2.24, 2.45) is 0 Å². The van der Waals surface area contributed by atoms with Crippen molar-refractivity contribution in [1.29, 1.82) is 5.26 Å². The van der Waals surface area contributed by atoms with Crippen LogP contribution in [0.4, 0.5) is 5.69 Å². The van der Waals surface area contributed by atoms with Crippen molar-refractivity contribution in [2.45, 2.75) is 24.3 Å². The van der Waals surface area contributed by atoms with Crippen LogP contribution in [0.1, 0.15) is 18.2 Å². The molecule has 0 aliphatic carbocycles. The summed E-state index contributed by atoms with van der Waals surface area (Å²) in [4.78, 5) is 12.3. The Labute approximate surface area is 148 Å². The molecule has 1 N–H and O–H groups in total. The lowest BCUT2D eigenvalue weighted by atomic mass is 10.2. The molecular weight excluding hydrogens is 340 g/mol. The Morgan fingerprint density at radius 2 is 2.12 bits per heavy atom. The summed E-state index contributed by atoms with van der Waals surface area (Å²) in [5, 5.41) is 19.5. The molecule has 1 atom stereocenters. The molecule has 1 aromatic carbocycles. The van der Waals surface area contributed by atoms with Crippen LogP contribution in [0, 0.1) is 18.3 Å². The number of nitrogens with one attached hydrogen (secondary N) is 1. The SMILES string of the molecule is Cc1occc1-c1nnc(SC(C)C(=O)Nc2ccccc2C#N)o1. The number of aromatic nitrogens is 2. The Balaban J connectivity index is 1.67. The lowest BCUT2D eigenvalue weighted by molar-refractivity contribution is -0.115. The zero-order valence-corrected chi connectivity index (χ0v) is 14.3. The van der Waals surface area contributed by atoms with Gasteiger partial charge in [-0.2, -0.15) is 5.26 Å². The molecule has 0 aliphatic rings. The van der Waals surface area contributed by atoms with Gasteiger partial charge in [-0.15, -0.1) is 10.2 Å². The zero-order chi connectivity index (χ0) is 17.8. The maximum absolute atomic E-state index is 12.3. The number of aryl methyl sites for hydroxylation is 1. The normalized spacial score (nSPS) is 11.7. The number of nitriles is 1. The first-order valence-corrected chi connectivity index (χ1v) is 8.31. The van der Waals surface area contributed by atoms with Crippen molar-refractivity contribution in [3.05, 3.63) is 47.9 Å². The molecule has 0 spiro atoms. The summed E-state index contributed by atoms with van der Waals surface area (Å²) in [6.07, 6.45) is 1.55. The van der Waals surface area contributed by atoms with Crippen LogP contribution in [0.25, 0.3) is 11.5 Å². The highest BCUT2D eigenvalue weighted by molar-refractivity contribution is 8.00. The zero-order valence-electron chi connectivity index (χ0n) is 13.5. The van der Waals surface area contributed by atoms with Crippen LogP contribution >= 0.6 is 11.8 Å². The molecule has 8 heteroatoms. The van der Waals surface area contributed by atoms with Crippen molar-refractivity contribution >= 4 is 23.4 Å². The van der Waals surface area contributed by atoms with E-state index in [0.717, 1.165) is 17.3 Å². The summed E-state index contributed by atoms with van der Waals surface area (Å²) in [5.41, 5.74) is 1.60. The van der Waals surface area contributed by atoms with E-state index in [2.05, 4.69) is 15.5 Å². The number of nitrogens with zero attached hydrogens (tertiary/aromatic N) is 3. The van der Waals surface area contributed by atoms with Crippen molar-refractivity contribution < 1.29 is 13.6 Å². The second-order valence-corrected chi connectivity index (χ2v) is 6.46. The smallest absolute Gasteiger partial charge is 0.277 e. The van der Waals surface area contributed by atoms with Crippen LogP contribution in [0.2, 0.25) is 0 Å². The fourth-order valence-corrected chi connectivity index (χ4v) is 2.79. The van der Waals surface area contributed by atoms with Gasteiger partial charge in [0.15, 0.2) is 0 Å². The number of benzene rings is 1. The molecule has 0 bridgehead atoms. The topological polar surface area (TPSA) is 105 Å². The Kier molecular flexibility index (Phi) is 4.86. The van der Waals surface area contributed by atoms with E-state index in [1.807, 2.05) is 6.07 Å². The number of amides is 1. The first-order chi connectivity index (χ1) is 12.1. The number of furan rings is 1. The summed E-state index contributed by atoms with van der Waals surface area (Å²) in [5.74, 6) is 0.766. The molecule has 2 heterocycles. The number of carbonyl (C=O) groups is 1. The molecule has 0 radical (unpaired) electrons. The number of rotatable bonds is 5. The Morgan fingerprint density at radius 1 is 1.32 bits per heavy atom. The molecule has 25 heavy (non-hydrogen) atoms. The summed E-state index contributed by atoms with van der Waals surface area (Å²) < 4.78 is 10.8. The van der Waals surface area contributed by atoms with Gasteiger partial charge in [-0.25, -0.2) is 0 Å². The van der Waals surface area contributed by atoms with E-state index >= 15 is 0 Å². The average Bonchev–Trinajstić information content (AvgIpc) is 3.23. The van der Waals surface area contributed by atoms with E-state index in [-0.39, 0.29) is 11.1 Å². The number of anilines is 1. The maximum atomic E-state index is 12.3. The van der Waals surface area contributed by atoms with Crippen molar-refractivity contribution in [3.8, 4) is 17.5 Å². The second kappa shape index (κ2) is 7.23. The number of hydrogen-bond acceptors (Lipinski definition) is 7. The molecule has 126 valence electrons. The van der Waals surface area contributed by atoms with E-state index in [1.165, 1.54) is 0 Å². The molecule has 2 aromatic heterocycles. The molecule has 7 nitrogen and oxygen atoms in total. The van der Waals surface area contributed by atoms with E-state index in [0.29, 0.717) is 22.9 Å². The molecule has 3 rings (SSSR count). The summed E-state index contributed by atoms with van der Waals surface area (Å²) in [7, 11) is 0. The number of hydrogen-bond donors (Lipinski definition) is 1. The summed E-state index contributed by atoms with van der Waals surface area (Å²) in [6, 6.07) is 10.6. The van der Waals surface area contributed by atoms with E-state index in [9.17, 15) is 4.79 Å². The van der Waals surface area contributed by atoms with Crippen LogP contribution in [0.5, 0.6) is 0 Å². The van der Waals surface area contributed by atoms with Gasteiger partial charge >= 0.3 is 0 Å². The third-order valence-electron chi connectivity index (χ3n) is 3.45. The van der Waals surface area contributed by atoms with Crippen molar-refractivity contribution in [3.63, 3.8) is 0 Å². The van der Waals surface area contributed by atoms with Gasteiger partial charge in [0.25, 0.3) is 11.1 Å². The summed E-state index contributed by atoms with van der Waals surface area (Å²) >= 11 is 1.14. The molecule has 0 fully saturated rings. The largest absolute Gasteiger partial charge is 0.469 e. The van der Waals surface area contributed by atoms with E-state index < -0.39 is 5.25 Å². The molecule has 1 amide bonds. The highest BCUT2D eigenvalue weighted by Gasteiger charge is 2.20. The first-order valence-electron chi connectivity index (χ1n) is 7.43. The van der Waals surface area contributed by atoms with E-state index in [1.54, 1.807) is 50.4 Å². The van der Waals surface area contributed by atoms with Gasteiger partial charge in [0.05, 0.1) is 28.3 Å². The number of thioether (sulfide) groups is 1. The van der Waals surface area contributed by atoms with Gasteiger partial charge in [-0.3, -0.25) is 4.79 Å². The second-order valence-electron chi connectivity index (χ2n) is 5.17. The summed E-state index contributed by atoms with van der Waals surface area (Å²) in [6.45, 7) is 3.52. The molecule has 3 aromatic rings. The quantitative estimate of drug-likeness (QED) is 0.697. The van der Waals surface area contributed by atoms with Crippen molar-refractivity contribution in [1.82, 2.24) is 10.2 Å². The van der Waals surface area contributed by atoms with E-state index in [4.69, 9.17) is 14.1 Å². The number of para-hydroxylation sites is 1. The third-order valence-corrected chi connectivity index (χ3v) is 4.38. The van der Waals surface area contributed by atoms with Gasteiger partial charge in [-0.1, -0.05) is 23.9 Å². The van der Waals surface area contributed by atoms with Crippen molar-refractivity contribution in [2.75, 3.05) is 5.32 Å². The standard InChI is InChI=1S/C17H14N4O3S/c1-10-13(7-8-23-10)16-20-21-17(24-16)25-11(2)15(22)19-14-6-4-3-5-12(14)9-18/h3-8,11H,1-2H3,(H,19,22). The Bertz CT molecular complexity index is 941.